The van der Waals surface area contributed by atoms with Crippen LogP contribution in [-0.4, -0.2) is 88.3 Å². The molecule has 2 aliphatic heterocycles. The number of carbonyl (C=O) groups is 1. The van der Waals surface area contributed by atoms with Gasteiger partial charge in [0.15, 0.2) is 5.82 Å². The average Bonchev–Trinajstić information content (AvgIpc) is 3.40. The summed E-state index contributed by atoms with van der Waals surface area (Å²) >= 11 is 4.46. The minimum Gasteiger partial charge on any atom is -0.379 e. The lowest BCUT2D eigenvalue weighted by Gasteiger charge is -2.41. The first kappa shape index (κ1) is 26.6. The first-order chi connectivity index (χ1) is 18.4. The summed E-state index contributed by atoms with van der Waals surface area (Å²) in [6, 6.07) is 9.55. The van der Waals surface area contributed by atoms with Crippen LogP contribution in [0.4, 0.5) is 9.18 Å². The third kappa shape index (κ3) is 6.00. The molecule has 2 aliphatic rings. The predicted octanol–water partition coefficient (Wildman–Crippen LogP) is 3.27. The van der Waals surface area contributed by atoms with Gasteiger partial charge in [-0.15, -0.1) is 0 Å². The van der Waals surface area contributed by atoms with Crippen LogP contribution < -0.4 is 5.32 Å². The Hall–Kier alpha value is -3.03. The maximum Gasteiger partial charge on any atom is 0.327 e. The summed E-state index contributed by atoms with van der Waals surface area (Å²) in [6.45, 7) is 6.64. The van der Waals surface area contributed by atoms with Crippen LogP contribution in [0, 0.1) is 5.82 Å². The number of hydrogen-bond acceptors (Lipinski definition) is 8. The molecule has 1 aromatic carbocycles. The van der Waals surface area contributed by atoms with E-state index in [0.29, 0.717) is 31.3 Å². The van der Waals surface area contributed by atoms with Crippen molar-refractivity contribution in [2.24, 2.45) is 0 Å². The number of rotatable bonds is 7. The number of pyridine rings is 1. The van der Waals surface area contributed by atoms with Gasteiger partial charge < -0.3 is 24.5 Å². The second kappa shape index (κ2) is 11.8. The highest BCUT2D eigenvalue weighted by Gasteiger charge is 2.41. The zero-order valence-electron chi connectivity index (χ0n) is 21.1. The fourth-order valence-corrected chi connectivity index (χ4v) is 4.58. The highest BCUT2D eigenvalue weighted by atomic mass is 32.1. The lowest BCUT2D eigenvalue weighted by atomic mass is 10.0. The number of imidazole rings is 1. The van der Waals surface area contributed by atoms with E-state index in [4.69, 9.17) is 19.2 Å². The minimum absolute atomic E-state index is 0.190. The number of carbonyl (C=O) groups excluding carboxylic acids is 1. The van der Waals surface area contributed by atoms with Gasteiger partial charge in [-0.05, 0) is 43.3 Å². The maximum absolute atomic E-state index is 13.5. The first-order valence-corrected chi connectivity index (χ1v) is 12.9. The van der Waals surface area contributed by atoms with Gasteiger partial charge in [0.25, 0.3) is 0 Å². The van der Waals surface area contributed by atoms with E-state index in [2.05, 4.69) is 33.0 Å². The second-order valence-corrected chi connectivity index (χ2v) is 9.94. The van der Waals surface area contributed by atoms with Gasteiger partial charge in [-0.2, -0.15) is 0 Å². The van der Waals surface area contributed by atoms with E-state index in [1.807, 2.05) is 19.1 Å². The number of amides is 2. The van der Waals surface area contributed by atoms with E-state index in [9.17, 15) is 9.18 Å². The van der Waals surface area contributed by atoms with Crippen molar-refractivity contribution in [1.29, 1.82) is 0 Å². The number of benzene rings is 1. The number of morpholine rings is 1. The number of ether oxygens (including phenoxy) is 3. The number of halogens is 1. The maximum atomic E-state index is 13.5. The molecule has 0 unspecified atom stereocenters. The van der Waals surface area contributed by atoms with Crippen LogP contribution in [-0.2, 0) is 14.2 Å². The zero-order chi connectivity index (χ0) is 26.5. The van der Waals surface area contributed by atoms with Gasteiger partial charge in [-0.25, -0.2) is 14.2 Å². The minimum atomic E-state index is -0.789. The Morgan fingerprint density at radius 3 is 2.53 bits per heavy atom. The summed E-state index contributed by atoms with van der Waals surface area (Å²) in [6.07, 6.45) is 2.61. The van der Waals surface area contributed by atoms with Gasteiger partial charge in [-0.1, -0.05) is 12.8 Å². The molecule has 4 heterocycles. The van der Waals surface area contributed by atoms with Crippen LogP contribution in [0.25, 0.3) is 22.5 Å². The number of aromatic nitrogens is 3. The molecule has 0 radical (unpaired) electrons. The number of nitrogens with zero attached hydrogens (tertiary/aromatic N) is 4. The number of aromatic amines is 1. The molecule has 2 saturated heterocycles. The van der Waals surface area contributed by atoms with Crippen LogP contribution in [0.2, 0.25) is 0 Å². The Bertz CT molecular complexity index is 1210. The molecule has 3 aromatic rings. The Kier molecular flexibility index (Phi) is 8.24. The molecular weight excluding hydrogens is 511 g/mol. The Balaban J connectivity index is 1.24. The topological polar surface area (TPSA) is 105 Å². The molecule has 0 spiro atoms. The predicted molar refractivity (Wildman–Crippen MR) is 142 cm³/mol. The van der Waals surface area contributed by atoms with Crippen molar-refractivity contribution in [2.75, 3.05) is 52.6 Å². The normalized spacial score (nSPS) is 22.2. The quantitative estimate of drug-likeness (QED) is 0.394. The van der Waals surface area contributed by atoms with E-state index in [1.165, 1.54) is 16.4 Å². The Morgan fingerprint density at radius 2 is 1.84 bits per heavy atom. The van der Waals surface area contributed by atoms with E-state index < -0.39 is 11.8 Å². The van der Waals surface area contributed by atoms with Gasteiger partial charge in [0.2, 0.25) is 6.29 Å². The number of nitrogens with one attached hydrogen (secondary N) is 2. The monoisotopic (exact) mass is 542 g/mol. The van der Waals surface area contributed by atoms with Crippen LogP contribution in [0.5, 0.6) is 0 Å². The van der Waals surface area contributed by atoms with Crippen molar-refractivity contribution in [3.63, 3.8) is 0 Å². The van der Waals surface area contributed by atoms with Crippen LogP contribution >= 0.6 is 12.8 Å². The molecule has 2 fully saturated rings. The fraction of sp³-hybridized carbons (Fsp3) is 0.423. The van der Waals surface area contributed by atoms with Crippen LogP contribution in [0.3, 0.4) is 0 Å². The summed E-state index contributed by atoms with van der Waals surface area (Å²) in [4.78, 5) is 27.2. The molecule has 38 heavy (non-hydrogen) atoms. The molecule has 2 amide bonds. The van der Waals surface area contributed by atoms with Crippen molar-refractivity contribution in [3.8, 4) is 22.5 Å². The number of hydrogen-bond donors (Lipinski definition) is 3. The molecule has 0 saturated carbocycles. The number of urea groups is 1. The lowest BCUT2D eigenvalue weighted by Crippen LogP contribution is -2.57. The molecule has 0 atom stereocenters. The van der Waals surface area contributed by atoms with Gasteiger partial charge >= 0.3 is 6.03 Å². The molecule has 0 aliphatic carbocycles. The fourth-order valence-electron chi connectivity index (χ4n) is 4.39. The highest BCUT2D eigenvalue weighted by Crippen LogP contribution is 2.35. The Labute approximate surface area is 226 Å². The smallest absolute Gasteiger partial charge is 0.327 e. The van der Waals surface area contributed by atoms with Gasteiger partial charge in [0, 0.05) is 49.7 Å². The van der Waals surface area contributed by atoms with Crippen molar-refractivity contribution in [2.45, 2.75) is 18.8 Å². The van der Waals surface area contributed by atoms with Crippen molar-refractivity contribution in [1.82, 2.24) is 29.5 Å². The summed E-state index contributed by atoms with van der Waals surface area (Å²) in [5.74, 6) is 0.147. The molecule has 10 nitrogen and oxygen atoms in total. The molecular formula is C26H31FN6O4S. The van der Waals surface area contributed by atoms with Gasteiger partial charge in [0.05, 0.1) is 43.4 Å². The molecule has 2 N–H and O–H groups in total. The van der Waals surface area contributed by atoms with E-state index >= 15 is 0 Å². The first-order valence-electron chi connectivity index (χ1n) is 12.5. The van der Waals surface area contributed by atoms with Crippen molar-refractivity contribution in [3.05, 3.63) is 60.4 Å². The van der Waals surface area contributed by atoms with Crippen LogP contribution in [0.1, 0.15) is 19.0 Å². The molecule has 5 rings (SSSR count). The molecule has 12 heteroatoms. The largest absolute Gasteiger partial charge is 0.379 e. The summed E-state index contributed by atoms with van der Waals surface area (Å²) in [5, 5.41) is 2.91. The molecule has 2 aromatic heterocycles. The van der Waals surface area contributed by atoms with Crippen LogP contribution in [0.15, 0.2) is 48.8 Å². The third-order valence-electron chi connectivity index (χ3n) is 6.64. The Morgan fingerprint density at radius 1 is 1.16 bits per heavy atom. The van der Waals surface area contributed by atoms with E-state index in [1.54, 1.807) is 24.5 Å². The highest BCUT2D eigenvalue weighted by molar-refractivity contribution is 7.78. The van der Waals surface area contributed by atoms with Gasteiger partial charge in [-0.3, -0.25) is 14.2 Å². The molecule has 202 valence electrons. The summed E-state index contributed by atoms with van der Waals surface area (Å²) in [5.41, 5.74) is 2.21. The second-order valence-electron chi connectivity index (χ2n) is 9.54. The SMILES string of the molecule is CC1(N(S)C(=O)NCCN2CCOCC2)COC(c2nc(-c3ccc(F)cc3)c(-c3ccncc3)[nH]2)OC1. The van der Waals surface area contributed by atoms with Gasteiger partial charge in [0.1, 0.15) is 5.82 Å². The standard InChI is InChI=1S/C26H31FN6O4S/c1-26(33(38)25(34)29-10-11-32-12-14-35-15-13-32)16-36-24(37-17-26)23-30-21(18-2-4-20(27)5-3-18)22(31-23)19-6-8-28-9-7-19/h2-9,24,38H,10-17H2,1H3,(H,29,34)(H,30,31). The average molecular weight is 543 g/mol. The van der Waals surface area contributed by atoms with Crippen molar-refractivity contribution < 1.29 is 23.4 Å². The zero-order valence-corrected chi connectivity index (χ0v) is 22.0. The summed E-state index contributed by atoms with van der Waals surface area (Å²) in [7, 11) is 0. The van der Waals surface area contributed by atoms with E-state index in [-0.39, 0.29) is 25.1 Å². The number of H-pyrrole nitrogens is 1. The lowest BCUT2D eigenvalue weighted by molar-refractivity contribution is -0.224. The third-order valence-corrected chi connectivity index (χ3v) is 7.30. The summed E-state index contributed by atoms with van der Waals surface area (Å²) < 4.78 is 32.3. The van der Waals surface area contributed by atoms with E-state index in [0.717, 1.165) is 36.5 Å². The number of thiol groups is 1. The van der Waals surface area contributed by atoms with Crippen molar-refractivity contribution >= 4 is 18.8 Å². The molecule has 0 bridgehead atoms.